The fraction of sp³-hybridized carbons (Fsp3) is 0.455. The van der Waals surface area contributed by atoms with Gasteiger partial charge in [-0.25, -0.2) is 9.66 Å². The van der Waals surface area contributed by atoms with Gasteiger partial charge in [0, 0.05) is 24.2 Å². The van der Waals surface area contributed by atoms with E-state index in [0.717, 1.165) is 17.1 Å². The number of hydrogen-bond acceptors (Lipinski definition) is 4. The van der Waals surface area contributed by atoms with Gasteiger partial charge in [0.15, 0.2) is 5.82 Å². The molecule has 0 aromatic carbocycles. The number of rotatable bonds is 2. The predicted octanol–water partition coefficient (Wildman–Crippen LogP) is 1.01. The Kier molecular flexibility index (Phi) is 2.57. The zero-order chi connectivity index (χ0) is 12.7. The third-order valence-electron chi connectivity index (χ3n) is 2.98. The molecule has 0 fully saturated rings. The molecule has 0 aliphatic heterocycles. The number of anilines is 1. The molecule has 2 heterocycles. The predicted molar refractivity (Wildman–Crippen MR) is 67.8 cm³/mol. The quantitative estimate of drug-likeness (QED) is 0.759. The van der Waals surface area contributed by atoms with Crippen molar-refractivity contribution in [2.45, 2.75) is 26.7 Å². The van der Waals surface area contributed by atoms with Crippen LogP contribution < -0.4 is 11.6 Å². The van der Waals surface area contributed by atoms with E-state index in [0.29, 0.717) is 11.5 Å². The van der Waals surface area contributed by atoms with Crippen LogP contribution >= 0.6 is 0 Å². The summed E-state index contributed by atoms with van der Waals surface area (Å²) < 4.78 is 3.24. The summed E-state index contributed by atoms with van der Waals surface area (Å²) in [4.78, 5) is 4.51. The average Bonchev–Trinajstić information content (AvgIpc) is 2.73. The summed E-state index contributed by atoms with van der Waals surface area (Å²) >= 11 is 0. The standard InChI is InChI=1S/C11H18N6/c1-6(2)11-15-9(10(12)17(11)13)8-5-14-16(4)7(8)3/h5-6H,12-13H2,1-4H3. The van der Waals surface area contributed by atoms with Gasteiger partial charge in [-0.2, -0.15) is 5.10 Å². The molecule has 17 heavy (non-hydrogen) atoms. The van der Waals surface area contributed by atoms with Crippen LogP contribution in [0.4, 0.5) is 5.82 Å². The topological polar surface area (TPSA) is 87.7 Å². The maximum Gasteiger partial charge on any atom is 0.150 e. The van der Waals surface area contributed by atoms with Crippen LogP contribution in [-0.2, 0) is 7.05 Å². The normalized spacial score (nSPS) is 11.4. The molecule has 6 heteroatoms. The van der Waals surface area contributed by atoms with E-state index in [9.17, 15) is 0 Å². The smallest absolute Gasteiger partial charge is 0.150 e. The summed E-state index contributed by atoms with van der Waals surface area (Å²) in [7, 11) is 1.89. The Balaban J connectivity index is 2.61. The van der Waals surface area contributed by atoms with Crippen molar-refractivity contribution in [1.82, 2.24) is 19.4 Å². The van der Waals surface area contributed by atoms with Crippen LogP contribution in [0, 0.1) is 6.92 Å². The van der Waals surface area contributed by atoms with Crippen molar-refractivity contribution < 1.29 is 0 Å². The Morgan fingerprint density at radius 3 is 2.41 bits per heavy atom. The summed E-state index contributed by atoms with van der Waals surface area (Å²) in [5, 5.41) is 4.19. The summed E-state index contributed by atoms with van der Waals surface area (Å²) in [5.74, 6) is 7.39. The third-order valence-corrected chi connectivity index (χ3v) is 2.98. The van der Waals surface area contributed by atoms with Gasteiger partial charge in [-0.05, 0) is 6.92 Å². The van der Waals surface area contributed by atoms with Crippen LogP contribution in [0.1, 0.15) is 31.3 Å². The Hall–Kier alpha value is -1.98. The van der Waals surface area contributed by atoms with Crippen LogP contribution in [0.25, 0.3) is 11.3 Å². The summed E-state index contributed by atoms with van der Waals surface area (Å²) in [6, 6.07) is 0. The lowest BCUT2D eigenvalue weighted by Gasteiger charge is -2.04. The second-order valence-electron chi connectivity index (χ2n) is 4.50. The van der Waals surface area contributed by atoms with Crippen molar-refractivity contribution in [2.24, 2.45) is 7.05 Å². The van der Waals surface area contributed by atoms with Gasteiger partial charge in [0.2, 0.25) is 0 Å². The molecular formula is C11H18N6. The molecule has 2 aromatic heterocycles. The molecule has 0 amide bonds. The molecule has 0 bridgehead atoms. The van der Waals surface area contributed by atoms with Gasteiger partial charge < -0.3 is 11.6 Å². The number of nitrogens with two attached hydrogens (primary N) is 2. The number of nitrogen functional groups attached to an aromatic ring is 2. The van der Waals surface area contributed by atoms with Crippen LogP contribution in [-0.4, -0.2) is 19.4 Å². The largest absolute Gasteiger partial charge is 0.382 e. The highest BCUT2D eigenvalue weighted by Gasteiger charge is 2.19. The zero-order valence-corrected chi connectivity index (χ0v) is 10.6. The van der Waals surface area contributed by atoms with E-state index >= 15 is 0 Å². The molecule has 0 spiro atoms. The average molecular weight is 234 g/mol. The van der Waals surface area contributed by atoms with E-state index in [1.54, 1.807) is 10.9 Å². The first-order chi connectivity index (χ1) is 7.93. The van der Waals surface area contributed by atoms with E-state index in [1.165, 1.54) is 4.68 Å². The maximum absolute atomic E-state index is 5.99. The van der Waals surface area contributed by atoms with Gasteiger partial charge in [0.1, 0.15) is 11.5 Å². The molecule has 6 nitrogen and oxygen atoms in total. The number of aromatic nitrogens is 4. The molecule has 0 radical (unpaired) electrons. The second-order valence-corrected chi connectivity index (χ2v) is 4.50. The molecular weight excluding hydrogens is 216 g/mol. The minimum absolute atomic E-state index is 0.230. The van der Waals surface area contributed by atoms with Crippen molar-refractivity contribution in [1.29, 1.82) is 0 Å². The SMILES string of the molecule is Cc1c(-c2nc(C(C)C)n(N)c2N)cnn1C. The van der Waals surface area contributed by atoms with Gasteiger partial charge in [-0.3, -0.25) is 4.68 Å². The number of imidazole rings is 1. The highest BCUT2D eigenvalue weighted by Crippen LogP contribution is 2.29. The van der Waals surface area contributed by atoms with Gasteiger partial charge >= 0.3 is 0 Å². The van der Waals surface area contributed by atoms with Gasteiger partial charge in [-0.1, -0.05) is 13.8 Å². The van der Waals surface area contributed by atoms with E-state index in [1.807, 2.05) is 27.8 Å². The minimum atomic E-state index is 0.230. The summed E-state index contributed by atoms with van der Waals surface area (Å²) in [6.07, 6.45) is 1.76. The number of aryl methyl sites for hydroxylation is 1. The molecule has 92 valence electrons. The molecule has 0 aliphatic carbocycles. The fourth-order valence-electron chi connectivity index (χ4n) is 1.80. The van der Waals surface area contributed by atoms with Gasteiger partial charge in [-0.15, -0.1) is 0 Å². The Labute approximate surface area is 100 Å². The molecule has 2 aromatic rings. The number of hydrogen-bond donors (Lipinski definition) is 2. The third kappa shape index (κ3) is 1.65. The van der Waals surface area contributed by atoms with Crippen molar-refractivity contribution in [2.75, 3.05) is 11.6 Å². The van der Waals surface area contributed by atoms with E-state index in [-0.39, 0.29) is 5.92 Å². The van der Waals surface area contributed by atoms with Crippen molar-refractivity contribution in [3.8, 4) is 11.3 Å². The van der Waals surface area contributed by atoms with Gasteiger partial charge in [0.05, 0.1) is 6.20 Å². The van der Waals surface area contributed by atoms with Crippen molar-refractivity contribution >= 4 is 5.82 Å². The van der Waals surface area contributed by atoms with Crippen LogP contribution in [0.5, 0.6) is 0 Å². The Morgan fingerprint density at radius 1 is 1.35 bits per heavy atom. The zero-order valence-electron chi connectivity index (χ0n) is 10.6. The molecule has 0 saturated carbocycles. The van der Waals surface area contributed by atoms with Crippen molar-refractivity contribution in [3.05, 3.63) is 17.7 Å². The second kappa shape index (κ2) is 3.80. The highest BCUT2D eigenvalue weighted by atomic mass is 15.4. The van der Waals surface area contributed by atoms with E-state index in [4.69, 9.17) is 11.6 Å². The minimum Gasteiger partial charge on any atom is -0.382 e. The van der Waals surface area contributed by atoms with E-state index in [2.05, 4.69) is 10.1 Å². The maximum atomic E-state index is 5.99. The summed E-state index contributed by atoms with van der Waals surface area (Å²) in [6.45, 7) is 6.04. The lowest BCUT2D eigenvalue weighted by Crippen LogP contribution is -2.16. The van der Waals surface area contributed by atoms with Crippen LogP contribution in [0.2, 0.25) is 0 Å². The first kappa shape index (κ1) is 11.5. The molecule has 0 aliphatic rings. The molecule has 4 N–H and O–H groups in total. The lowest BCUT2D eigenvalue weighted by atomic mass is 10.2. The van der Waals surface area contributed by atoms with Crippen LogP contribution in [0.15, 0.2) is 6.20 Å². The Morgan fingerprint density at radius 2 is 2.00 bits per heavy atom. The molecule has 0 atom stereocenters. The fourth-order valence-corrected chi connectivity index (χ4v) is 1.80. The lowest BCUT2D eigenvalue weighted by molar-refractivity contribution is 0.738. The van der Waals surface area contributed by atoms with E-state index < -0.39 is 0 Å². The first-order valence-corrected chi connectivity index (χ1v) is 5.55. The monoisotopic (exact) mass is 234 g/mol. The Bertz CT molecular complexity index is 549. The van der Waals surface area contributed by atoms with Gasteiger partial charge in [0.25, 0.3) is 0 Å². The molecule has 2 rings (SSSR count). The van der Waals surface area contributed by atoms with Crippen molar-refractivity contribution in [3.63, 3.8) is 0 Å². The molecule has 0 saturated heterocycles. The number of nitrogens with zero attached hydrogens (tertiary/aromatic N) is 4. The van der Waals surface area contributed by atoms with Crippen LogP contribution in [0.3, 0.4) is 0 Å². The molecule has 0 unspecified atom stereocenters. The summed E-state index contributed by atoms with van der Waals surface area (Å²) in [5.41, 5.74) is 8.65. The first-order valence-electron chi connectivity index (χ1n) is 5.55. The highest BCUT2D eigenvalue weighted by molar-refractivity contribution is 5.72.